The molecule has 0 fully saturated rings. The third-order valence-electron chi connectivity index (χ3n) is 2.22. The van der Waals surface area contributed by atoms with Gasteiger partial charge in [-0.3, -0.25) is 0 Å². The molecule has 0 heterocycles. The summed E-state index contributed by atoms with van der Waals surface area (Å²) < 4.78 is 26.2. The van der Waals surface area contributed by atoms with E-state index in [2.05, 4.69) is 4.72 Å². The van der Waals surface area contributed by atoms with Crippen molar-refractivity contribution >= 4 is 10.0 Å². The van der Waals surface area contributed by atoms with E-state index in [0.29, 0.717) is 18.0 Å². The number of unbranched alkanes of at least 4 members (excludes halogenated alkanes) is 1. The third-order valence-corrected chi connectivity index (χ3v) is 3.68. The molecule has 1 aromatic rings. The molecule has 0 aliphatic rings. The first kappa shape index (κ1) is 13.2. The zero-order valence-electron chi connectivity index (χ0n) is 9.44. The van der Waals surface area contributed by atoms with Gasteiger partial charge in [-0.1, -0.05) is 12.1 Å². The van der Waals surface area contributed by atoms with Gasteiger partial charge in [0.25, 0.3) is 0 Å². The number of hydrogen-bond donors (Lipinski definition) is 2. The highest BCUT2D eigenvalue weighted by atomic mass is 32.2. The van der Waals surface area contributed by atoms with E-state index in [1.165, 1.54) is 0 Å². The number of rotatable bonds is 6. The SMILES string of the molecule is Cc1cccc(S(=O)(=O)NCCCCN)c1. The fourth-order valence-corrected chi connectivity index (χ4v) is 2.52. The number of hydrogen-bond acceptors (Lipinski definition) is 3. The number of benzene rings is 1. The van der Waals surface area contributed by atoms with Gasteiger partial charge in [0.15, 0.2) is 0 Å². The van der Waals surface area contributed by atoms with Gasteiger partial charge in [0.1, 0.15) is 0 Å². The molecular weight excluding hydrogens is 224 g/mol. The van der Waals surface area contributed by atoms with E-state index in [-0.39, 0.29) is 0 Å². The first-order valence-electron chi connectivity index (χ1n) is 5.32. The maximum absolute atomic E-state index is 11.8. The zero-order chi connectivity index (χ0) is 12.0. The van der Waals surface area contributed by atoms with Gasteiger partial charge in [-0.2, -0.15) is 0 Å². The minimum Gasteiger partial charge on any atom is -0.330 e. The molecule has 0 radical (unpaired) electrons. The first-order valence-corrected chi connectivity index (χ1v) is 6.81. The van der Waals surface area contributed by atoms with Crippen molar-refractivity contribution in [1.29, 1.82) is 0 Å². The van der Waals surface area contributed by atoms with Crippen molar-refractivity contribution in [3.05, 3.63) is 29.8 Å². The Morgan fingerprint density at radius 1 is 1.31 bits per heavy atom. The zero-order valence-corrected chi connectivity index (χ0v) is 10.3. The van der Waals surface area contributed by atoms with Crippen LogP contribution in [0.1, 0.15) is 18.4 Å². The van der Waals surface area contributed by atoms with Crippen molar-refractivity contribution in [2.24, 2.45) is 5.73 Å². The summed E-state index contributed by atoms with van der Waals surface area (Å²) in [5.74, 6) is 0. The lowest BCUT2D eigenvalue weighted by Gasteiger charge is -2.06. The average molecular weight is 242 g/mol. The van der Waals surface area contributed by atoms with Gasteiger partial charge in [-0.25, -0.2) is 13.1 Å². The molecule has 0 atom stereocenters. The van der Waals surface area contributed by atoms with Crippen LogP contribution in [0.15, 0.2) is 29.2 Å². The fraction of sp³-hybridized carbons (Fsp3) is 0.455. The highest BCUT2D eigenvalue weighted by Crippen LogP contribution is 2.10. The van der Waals surface area contributed by atoms with Crippen molar-refractivity contribution < 1.29 is 8.42 Å². The molecule has 0 saturated heterocycles. The normalized spacial score (nSPS) is 11.6. The van der Waals surface area contributed by atoms with Gasteiger partial charge in [-0.05, 0) is 44.0 Å². The Hall–Kier alpha value is -0.910. The monoisotopic (exact) mass is 242 g/mol. The molecule has 0 spiro atoms. The van der Waals surface area contributed by atoms with Crippen molar-refractivity contribution in [2.75, 3.05) is 13.1 Å². The van der Waals surface area contributed by atoms with Crippen LogP contribution in [0.2, 0.25) is 0 Å². The molecule has 1 rings (SSSR count). The molecule has 0 bridgehead atoms. The second kappa shape index (κ2) is 5.98. The van der Waals surface area contributed by atoms with Gasteiger partial charge in [-0.15, -0.1) is 0 Å². The maximum atomic E-state index is 11.8. The molecule has 90 valence electrons. The van der Waals surface area contributed by atoms with E-state index in [1.54, 1.807) is 18.2 Å². The molecule has 3 N–H and O–H groups in total. The number of aryl methyl sites for hydroxylation is 1. The Morgan fingerprint density at radius 2 is 2.06 bits per heavy atom. The molecule has 0 saturated carbocycles. The topological polar surface area (TPSA) is 72.2 Å². The summed E-state index contributed by atoms with van der Waals surface area (Å²) in [5.41, 5.74) is 6.27. The first-order chi connectivity index (χ1) is 7.56. The van der Waals surface area contributed by atoms with Crippen LogP contribution in [0.4, 0.5) is 0 Å². The summed E-state index contributed by atoms with van der Waals surface area (Å²) >= 11 is 0. The van der Waals surface area contributed by atoms with E-state index >= 15 is 0 Å². The van der Waals surface area contributed by atoms with Gasteiger partial charge in [0.05, 0.1) is 4.90 Å². The van der Waals surface area contributed by atoms with Gasteiger partial charge >= 0.3 is 0 Å². The van der Waals surface area contributed by atoms with Crippen molar-refractivity contribution in [3.63, 3.8) is 0 Å². The standard InChI is InChI=1S/C11H18N2O2S/c1-10-5-4-6-11(9-10)16(14,15)13-8-3-2-7-12/h4-6,9,13H,2-3,7-8,12H2,1H3. The Labute approximate surface area is 96.9 Å². The van der Waals surface area contributed by atoms with Crippen LogP contribution in [0.25, 0.3) is 0 Å². The molecule has 1 aromatic carbocycles. The maximum Gasteiger partial charge on any atom is 0.240 e. The largest absolute Gasteiger partial charge is 0.330 e. The second-order valence-electron chi connectivity index (χ2n) is 3.71. The van der Waals surface area contributed by atoms with Crippen LogP contribution in [-0.2, 0) is 10.0 Å². The summed E-state index contributed by atoms with van der Waals surface area (Å²) in [6.07, 6.45) is 1.60. The van der Waals surface area contributed by atoms with Crippen LogP contribution in [-0.4, -0.2) is 21.5 Å². The highest BCUT2D eigenvalue weighted by molar-refractivity contribution is 7.89. The predicted molar refractivity (Wildman–Crippen MR) is 64.7 cm³/mol. The quantitative estimate of drug-likeness (QED) is 0.731. The van der Waals surface area contributed by atoms with E-state index in [1.807, 2.05) is 13.0 Å². The van der Waals surface area contributed by atoms with Crippen molar-refractivity contribution in [2.45, 2.75) is 24.7 Å². The lowest BCUT2D eigenvalue weighted by atomic mass is 10.2. The van der Waals surface area contributed by atoms with E-state index in [4.69, 9.17) is 5.73 Å². The minimum absolute atomic E-state index is 0.320. The summed E-state index contributed by atoms with van der Waals surface area (Å²) in [7, 11) is -3.35. The van der Waals surface area contributed by atoms with E-state index in [9.17, 15) is 8.42 Å². The smallest absolute Gasteiger partial charge is 0.240 e. The van der Waals surface area contributed by atoms with Crippen molar-refractivity contribution in [1.82, 2.24) is 4.72 Å². The summed E-state index contributed by atoms with van der Waals surface area (Å²) in [5, 5.41) is 0. The van der Waals surface area contributed by atoms with Crippen LogP contribution < -0.4 is 10.5 Å². The molecule has 0 aromatic heterocycles. The average Bonchev–Trinajstić information content (AvgIpc) is 2.24. The number of sulfonamides is 1. The molecule has 0 unspecified atom stereocenters. The Kier molecular flexibility index (Phi) is 4.92. The van der Waals surface area contributed by atoms with Crippen molar-refractivity contribution in [3.8, 4) is 0 Å². The summed E-state index contributed by atoms with van der Waals surface area (Å²) in [4.78, 5) is 0.320. The number of nitrogens with two attached hydrogens (primary N) is 1. The minimum atomic E-state index is -3.35. The van der Waals surface area contributed by atoms with E-state index < -0.39 is 10.0 Å². The summed E-state index contributed by atoms with van der Waals surface area (Å²) in [6, 6.07) is 6.86. The van der Waals surface area contributed by atoms with Gasteiger partial charge < -0.3 is 5.73 Å². The second-order valence-corrected chi connectivity index (χ2v) is 5.48. The molecular formula is C11H18N2O2S. The van der Waals surface area contributed by atoms with E-state index in [0.717, 1.165) is 18.4 Å². The Bertz CT molecular complexity index is 429. The van der Waals surface area contributed by atoms with Crippen LogP contribution in [0.3, 0.4) is 0 Å². The molecule has 0 aliphatic heterocycles. The highest BCUT2D eigenvalue weighted by Gasteiger charge is 2.12. The lowest BCUT2D eigenvalue weighted by molar-refractivity contribution is 0.577. The van der Waals surface area contributed by atoms with Crippen LogP contribution in [0, 0.1) is 6.92 Å². The van der Waals surface area contributed by atoms with Gasteiger partial charge in [0.2, 0.25) is 10.0 Å². The third kappa shape index (κ3) is 3.92. The van der Waals surface area contributed by atoms with Crippen LogP contribution >= 0.6 is 0 Å². The van der Waals surface area contributed by atoms with Crippen LogP contribution in [0.5, 0.6) is 0 Å². The lowest BCUT2D eigenvalue weighted by Crippen LogP contribution is -2.25. The number of nitrogens with one attached hydrogen (secondary N) is 1. The molecule has 4 nitrogen and oxygen atoms in total. The molecule has 0 aliphatic carbocycles. The fourth-order valence-electron chi connectivity index (χ4n) is 1.34. The molecule has 16 heavy (non-hydrogen) atoms. The van der Waals surface area contributed by atoms with Gasteiger partial charge in [0, 0.05) is 6.54 Å². The molecule has 5 heteroatoms. The molecule has 0 amide bonds. The Morgan fingerprint density at radius 3 is 2.69 bits per heavy atom. The predicted octanol–water partition coefficient (Wildman–Crippen LogP) is 1.01. The summed E-state index contributed by atoms with van der Waals surface area (Å²) in [6.45, 7) is 2.90. The Balaban J connectivity index is 2.64.